The summed E-state index contributed by atoms with van der Waals surface area (Å²) in [6.07, 6.45) is 5.03. The third-order valence-electron chi connectivity index (χ3n) is 3.78. The lowest BCUT2D eigenvalue weighted by atomic mass is 9.69. The Morgan fingerprint density at radius 2 is 2.25 bits per heavy atom. The van der Waals surface area contributed by atoms with Crippen molar-refractivity contribution >= 4 is 5.91 Å². The van der Waals surface area contributed by atoms with E-state index in [1.807, 2.05) is 0 Å². The number of amides is 1. The quantitative estimate of drug-likeness (QED) is 0.750. The highest BCUT2D eigenvalue weighted by Gasteiger charge is 2.44. The summed E-state index contributed by atoms with van der Waals surface area (Å²) in [5.74, 6) is -0.0644. The van der Waals surface area contributed by atoms with Crippen LogP contribution in [0.15, 0.2) is 0 Å². The fourth-order valence-electron chi connectivity index (χ4n) is 2.13. The van der Waals surface area contributed by atoms with Crippen LogP contribution in [-0.4, -0.2) is 37.0 Å². The monoisotopic (exact) mass is 221 g/mol. The van der Waals surface area contributed by atoms with Gasteiger partial charge in [0.15, 0.2) is 0 Å². The third kappa shape index (κ3) is 2.19. The van der Waals surface area contributed by atoms with Crippen LogP contribution < -0.4 is 5.32 Å². The van der Waals surface area contributed by atoms with E-state index in [-0.39, 0.29) is 5.91 Å². The Hall–Kier alpha value is -1.08. The Morgan fingerprint density at radius 1 is 1.56 bits per heavy atom. The van der Waals surface area contributed by atoms with Crippen LogP contribution in [0.5, 0.6) is 0 Å². The molecule has 2 aliphatic rings. The van der Waals surface area contributed by atoms with Crippen LogP contribution in [0.1, 0.15) is 32.1 Å². The lowest BCUT2D eigenvalue weighted by Gasteiger charge is -2.33. The molecule has 0 aliphatic heterocycles. The van der Waals surface area contributed by atoms with Gasteiger partial charge in [0.1, 0.15) is 5.41 Å². The van der Waals surface area contributed by atoms with Crippen LogP contribution in [0.4, 0.5) is 0 Å². The molecule has 0 aromatic heterocycles. The molecule has 0 unspecified atom stereocenters. The minimum Gasteiger partial charge on any atom is -0.353 e. The van der Waals surface area contributed by atoms with Crippen molar-refractivity contribution in [3.05, 3.63) is 0 Å². The maximum absolute atomic E-state index is 11.8. The van der Waals surface area contributed by atoms with Crippen molar-refractivity contribution in [1.29, 1.82) is 5.26 Å². The number of likely N-dealkylation sites (N-methyl/N-ethyl adjacent to an activating group) is 1. The number of carbonyl (C=O) groups is 1. The van der Waals surface area contributed by atoms with Crippen molar-refractivity contribution in [2.24, 2.45) is 5.41 Å². The molecule has 4 nitrogen and oxygen atoms in total. The molecule has 0 saturated heterocycles. The minimum atomic E-state index is -0.696. The topological polar surface area (TPSA) is 56.1 Å². The first-order chi connectivity index (χ1) is 7.68. The molecule has 0 aromatic carbocycles. The van der Waals surface area contributed by atoms with Crippen LogP contribution in [0.2, 0.25) is 0 Å². The predicted octanol–water partition coefficient (Wildman–Crippen LogP) is 0.891. The van der Waals surface area contributed by atoms with Gasteiger partial charge < -0.3 is 10.2 Å². The maximum atomic E-state index is 11.8. The summed E-state index contributed by atoms with van der Waals surface area (Å²) in [6, 6.07) is 2.89. The van der Waals surface area contributed by atoms with Crippen molar-refractivity contribution in [2.75, 3.05) is 20.1 Å². The Morgan fingerprint density at radius 3 is 2.69 bits per heavy atom. The fourth-order valence-corrected chi connectivity index (χ4v) is 2.13. The molecule has 0 radical (unpaired) electrons. The first-order valence-electron chi connectivity index (χ1n) is 6.08. The molecule has 2 aliphatic carbocycles. The van der Waals surface area contributed by atoms with E-state index >= 15 is 0 Å². The lowest BCUT2D eigenvalue weighted by molar-refractivity contribution is -0.131. The normalized spacial score (nSPS) is 22.3. The molecule has 1 amide bonds. The summed E-state index contributed by atoms with van der Waals surface area (Å²) in [4.78, 5) is 14.1. The van der Waals surface area contributed by atoms with Crippen LogP contribution in [0.3, 0.4) is 0 Å². The van der Waals surface area contributed by atoms with E-state index in [0.717, 1.165) is 31.8 Å². The van der Waals surface area contributed by atoms with Crippen LogP contribution in [0, 0.1) is 16.7 Å². The number of nitrogens with one attached hydrogen (secondary N) is 1. The van der Waals surface area contributed by atoms with Gasteiger partial charge in [0, 0.05) is 19.1 Å². The Balaban J connectivity index is 1.69. The van der Waals surface area contributed by atoms with Crippen molar-refractivity contribution in [3.63, 3.8) is 0 Å². The molecule has 4 heteroatoms. The Bertz CT molecular complexity index is 313. The summed E-state index contributed by atoms with van der Waals surface area (Å²) in [5.41, 5.74) is -0.696. The Labute approximate surface area is 96.6 Å². The van der Waals surface area contributed by atoms with Gasteiger partial charge in [0.2, 0.25) is 5.91 Å². The van der Waals surface area contributed by atoms with Crippen molar-refractivity contribution in [2.45, 2.75) is 38.1 Å². The number of nitrogens with zero attached hydrogens (tertiary/aromatic N) is 2. The zero-order valence-corrected chi connectivity index (χ0v) is 9.83. The second-order valence-electron chi connectivity index (χ2n) is 5.02. The average Bonchev–Trinajstić information content (AvgIpc) is 2.99. The zero-order chi connectivity index (χ0) is 11.6. The summed E-state index contributed by atoms with van der Waals surface area (Å²) in [5, 5.41) is 11.9. The highest BCUT2D eigenvalue weighted by Crippen LogP contribution is 2.40. The molecule has 0 bridgehead atoms. The second-order valence-corrected chi connectivity index (χ2v) is 5.02. The lowest BCUT2D eigenvalue weighted by Crippen LogP contribution is -2.46. The highest BCUT2D eigenvalue weighted by molar-refractivity contribution is 5.86. The number of rotatable bonds is 5. The van der Waals surface area contributed by atoms with Gasteiger partial charge in [0.25, 0.3) is 0 Å². The van der Waals surface area contributed by atoms with Crippen molar-refractivity contribution in [1.82, 2.24) is 10.2 Å². The summed E-state index contributed by atoms with van der Waals surface area (Å²) in [6.45, 7) is 1.55. The molecule has 0 spiro atoms. The van der Waals surface area contributed by atoms with Crippen LogP contribution >= 0.6 is 0 Å². The minimum absolute atomic E-state index is 0.0644. The molecule has 0 aromatic rings. The maximum Gasteiger partial charge on any atom is 0.240 e. The van der Waals surface area contributed by atoms with E-state index in [1.165, 1.54) is 12.8 Å². The van der Waals surface area contributed by atoms with Gasteiger partial charge in [-0.15, -0.1) is 0 Å². The second kappa shape index (κ2) is 4.42. The summed E-state index contributed by atoms with van der Waals surface area (Å²) < 4.78 is 0. The van der Waals surface area contributed by atoms with E-state index < -0.39 is 5.41 Å². The highest BCUT2D eigenvalue weighted by atomic mass is 16.2. The number of carbonyl (C=O) groups excluding carboxylic acids is 1. The molecule has 88 valence electrons. The van der Waals surface area contributed by atoms with Gasteiger partial charge in [-0.25, -0.2) is 0 Å². The van der Waals surface area contributed by atoms with E-state index in [4.69, 9.17) is 5.26 Å². The molecule has 2 rings (SSSR count). The van der Waals surface area contributed by atoms with Crippen LogP contribution in [0.25, 0.3) is 0 Å². The molecular formula is C12H19N3O. The molecule has 2 fully saturated rings. The third-order valence-corrected chi connectivity index (χ3v) is 3.78. The summed E-state index contributed by atoms with van der Waals surface area (Å²) >= 11 is 0. The van der Waals surface area contributed by atoms with Gasteiger partial charge in [-0.05, 0) is 39.2 Å². The summed E-state index contributed by atoms with van der Waals surface area (Å²) in [7, 11) is 2.09. The van der Waals surface area contributed by atoms with Gasteiger partial charge in [0.05, 0.1) is 6.07 Å². The van der Waals surface area contributed by atoms with E-state index in [2.05, 4.69) is 23.3 Å². The first-order valence-corrected chi connectivity index (χ1v) is 6.08. The molecule has 1 N–H and O–H groups in total. The number of nitriles is 1. The molecule has 0 atom stereocenters. The molecular weight excluding hydrogens is 202 g/mol. The average molecular weight is 221 g/mol. The fraction of sp³-hybridized carbons (Fsp3) is 0.833. The SMILES string of the molecule is CN(CCNC(=O)C1(C#N)CCC1)C1CC1. The first kappa shape index (κ1) is 11.4. The van der Waals surface area contributed by atoms with Crippen molar-refractivity contribution < 1.29 is 4.79 Å². The molecule has 0 heterocycles. The smallest absolute Gasteiger partial charge is 0.240 e. The van der Waals surface area contributed by atoms with E-state index in [0.29, 0.717) is 6.54 Å². The van der Waals surface area contributed by atoms with Gasteiger partial charge in [-0.3, -0.25) is 4.79 Å². The van der Waals surface area contributed by atoms with Crippen molar-refractivity contribution in [3.8, 4) is 6.07 Å². The standard InChI is InChI=1S/C12H19N3O/c1-15(10-3-4-10)8-7-14-11(16)12(9-13)5-2-6-12/h10H,2-8H2,1H3,(H,14,16). The van der Waals surface area contributed by atoms with E-state index in [1.54, 1.807) is 0 Å². The predicted molar refractivity (Wildman–Crippen MR) is 60.6 cm³/mol. The molecule has 16 heavy (non-hydrogen) atoms. The Kier molecular flexibility index (Phi) is 3.15. The zero-order valence-electron chi connectivity index (χ0n) is 9.83. The number of hydrogen-bond donors (Lipinski definition) is 1. The van der Waals surface area contributed by atoms with E-state index in [9.17, 15) is 4.79 Å². The largest absolute Gasteiger partial charge is 0.353 e. The van der Waals surface area contributed by atoms with Crippen LogP contribution in [-0.2, 0) is 4.79 Å². The van der Waals surface area contributed by atoms with Gasteiger partial charge >= 0.3 is 0 Å². The van der Waals surface area contributed by atoms with Gasteiger partial charge in [-0.1, -0.05) is 0 Å². The molecule has 2 saturated carbocycles. The van der Waals surface area contributed by atoms with Gasteiger partial charge in [-0.2, -0.15) is 5.26 Å². The number of hydrogen-bond acceptors (Lipinski definition) is 3.